The van der Waals surface area contributed by atoms with Crippen molar-refractivity contribution in [2.24, 2.45) is 5.41 Å². The van der Waals surface area contributed by atoms with Gasteiger partial charge in [-0.15, -0.1) is 0 Å². The molecule has 0 unspecified atom stereocenters. The number of nitrogens with zero attached hydrogens (tertiary/aromatic N) is 2. The van der Waals surface area contributed by atoms with E-state index >= 15 is 0 Å². The first-order chi connectivity index (χ1) is 17.3. The van der Waals surface area contributed by atoms with E-state index in [0.29, 0.717) is 56.1 Å². The summed E-state index contributed by atoms with van der Waals surface area (Å²) in [5.74, 6) is 0.854. The Morgan fingerprint density at radius 2 is 1.61 bits per heavy atom. The summed E-state index contributed by atoms with van der Waals surface area (Å²) in [4.78, 5) is 30.0. The highest BCUT2D eigenvalue weighted by Gasteiger charge is 2.39. The second kappa shape index (κ2) is 11.6. The van der Waals surface area contributed by atoms with Gasteiger partial charge in [0.05, 0.1) is 6.61 Å². The molecule has 0 saturated carbocycles. The lowest BCUT2D eigenvalue weighted by Crippen LogP contribution is -2.47. The molecule has 0 atom stereocenters. The van der Waals surface area contributed by atoms with Gasteiger partial charge in [0.15, 0.2) is 0 Å². The van der Waals surface area contributed by atoms with Gasteiger partial charge in [-0.1, -0.05) is 60.1 Å². The lowest BCUT2D eigenvalue weighted by atomic mass is 9.75. The molecule has 0 N–H and O–H groups in total. The maximum absolute atomic E-state index is 13.3. The molecule has 4 rings (SSSR count). The first-order valence-corrected chi connectivity index (χ1v) is 12.7. The van der Waals surface area contributed by atoms with Crippen LogP contribution in [0.15, 0.2) is 78.9 Å². The Bertz CT molecular complexity index is 1180. The third-order valence-corrected chi connectivity index (χ3v) is 7.45. The number of hydrogen-bond donors (Lipinski definition) is 0. The number of likely N-dealkylation sites (tertiary alicyclic amines) is 1. The van der Waals surface area contributed by atoms with Crippen LogP contribution in [-0.2, 0) is 11.3 Å². The predicted molar refractivity (Wildman–Crippen MR) is 143 cm³/mol. The van der Waals surface area contributed by atoms with E-state index in [9.17, 15) is 9.59 Å². The SMILES string of the molecule is Cc1cc(OCC2(CC(=O)N(C)Cc3ccccc3)CCN(C(=O)c3ccccc3)CC2)ccc1Cl. The molecule has 188 valence electrons. The van der Waals surface area contributed by atoms with Gasteiger partial charge < -0.3 is 14.5 Å². The lowest BCUT2D eigenvalue weighted by Gasteiger charge is -2.42. The summed E-state index contributed by atoms with van der Waals surface area (Å²) in [6.45, 7) is 4.09. The lowest BCUT2D eigenvalue weighted by molar-refractivity contribution is -0.134. The molecule has 36 heavy (non-hydrogen) atoms. The zero-order chi connectivity index (χ0) is 25.5. The summed E-state index contributed by atoms with van der Waals surface area (Å²) in [6, 6.07) is 25.0. The molecule has 3 aromatic carbocycles. The minimum Gasteiger partial charge on any atom is -0.493 e. The first-order valence-electron chi connectivity index (χ1n) is 12.4. The normalized spacial score (nSPS) is 14.8. The zero-order valence-electron chi connectivity index (χ0n) is 21.0. The Morgan fingerprint density at radius 1 is 0.972 bits per heavy atom. The number of amides is 2. The third-order valence-electron chi connectivity index (χ3n) is 7.02. The zero-order valence-corrected chi connectivity index (χ0v) is 21.7. The fourth-order valence-corrected chi connectivity index (χ4v) is 4.78. The van der Waals surface area contributed by atoms with Gasteiger partial charge in [0.25, 0.3) is 5.91 Å². The number of aryl methyl sites for hydroxylation is 1. The molecular formula is C30H33ClN2O3. The maximum Gasteiger partial charge on any atom is 0.253 e. The van der Waals surface area contributed by atoms with E-state index in [0.717, 1.165) is 16.9 Å². The average Bonchev–Trinajstić information content (AvgIpc) is 2.90. The van der Waals surface area contributed by atoms with E-state index < -0.39 is 0 Å². The molecule has 3 aromatic rings. The smallest absolute Gasteiger partial charge is 0.253 e. The first kappa shape index (κ1) is 25.8. The van der Waals surface area contributed by atoms with Crippen molar-refractivity contribution in [2.75, 3.05) is 26.7 Å². The summed E-state index contributed by atoms with van der Waals surface area (Å²) in [7, 11) is 1.85. The van der Waals surface area contributed by atoms with Crippen LogP contribution < -0.4 is 4.74 Å². The second-order valence-corrected chi connectivity index (χ2v) is 10.2. The van der Waals surface area contributed by atoms with Crippen molar-refractivity contribution in [1.82, 2.24) is 9.80 Å². The van der Waals surface area contributed by atoms with Crippen molar-refractivity contribution in [3.05, 3.63) is 101 Å². The Hall–Kier alpha value is -3.31. The van der Waals surface area contributed by atoms with Gasteiger partial charge in [-0.25, -0.2) is 0 Å². The number of benzene rings is 3. The van der Waals surface area contributed by atoms with Crippen molar-refractivity contribution in [3.63, 3.8) is 0 Å². The molecule has 5 nitrogen and oxygen atoms in total. The van der Waals surface area contributed by atoms with Gasteiger partial charge in [-0.05, 0) is 61.2 Å². The number of hydrogen-bond acceptors (Lipinski definition) is 3. The molecule has 2 amide bonds. The third kappa shape index (κ3) is 6.46. The Kier molecular flexibility index (Phi) is 8.32. The van der Waals surface area contributed by atoms with Gasteiger partial charge >= 0.3 is 0 Å². The molecule has 0 aromatic heterocycles. The van der Waals surface area contributed by atoms with Crippen LogP contribution >= 0.6 is 11.6 Å². The molecule has 0 bridgehead atoms. The van der Waals surface area contributed by atoms with Crippen molar-refractivity contribution < 1.29 is 14.3 Å². The predicted octanol–water partition coefficient (Wildman–Crippen LogP) is 6.00. The van der Waals surface area contributed by atoms with E-state index in [4.69, 9.17) is 16.3 Å². The number of rotatable bonds is 8. The Morgan fingerprint density at radius 3 is 2.25 bits per heavy atom. The molecule has 0 radical (unpaired) electrons. The number of halogens is 1. The summed E-state index contributed by atoms with van der Waals surface area (Å²) in [5.41, 5.74) is 2.38. The van der Waals surface area contributed by atoms with E-state index in [-0.39, 0.29) is 17.2 Å². The molecule has 1 aliphatic rings. The number of carbonyl (C=O) groups is 2. The largest absolute Gasteiger partial charge is 0.493 e. The monoisotopic (exact) mass is 504 g/mol. The van der Waals surface area contributed by atoms with Crippen molar-refractivity contribution in [2.45, 2.75) is 32.7 Å². The number of piperidine rings is 1. The standard InChI is InChI=1S/C30H33ClN2O3/c1-23-19-26(13-14-27(23)31)36-22-30(20-28(34)32(2)21-24-9-5-3-6-10-24)15-17-33(18-16-30)29(35)25-11-7-4-8-12-25/h3-14,19H,15-18,20-22H2,1-2H3. The van der Waals surface area contributed by atoms with Crippen molar-refractivity contribution >= 4 is 23.4 Å². The topological polar surface area (TPSA) is 49.9 Å². The Labute approximate surface area is 218 Å². The quantitative estimate of drug-likeness (QED) is 0.378. The van der Waals surface area contributed by atoms with Crippen LogP contribution in [0.25, 0.3) is 0 Å². The van der Waals surface area contributed by atoms with Gasteiger partial charge in [-0.2, -0.15) is 0 Å². The van der Waals surface area contributed by atoms with Crippen molar-refractivity contribution in [1.29, 1.82) is 0 Å². The van der Waals surface area contributed by atoms with Gasteiger partial charge in [0.2, 0.25) is 5.91 Å². The average molecular weight is 505 g/mol. The molecule has 1 fully saturated rings. The maximum atomic E-state index is 13.3. The van der Waals surface area contributed by atoms with Crippen LogP contribution in [0.5, 0.6) is 5.75 Å². The molecular weight excluding hydrogens is 472 g/mol. The highest BCUT2D eigenvalue weighted by molar-refractivity contribution is 6.31. The van der Waals surface area contributed by atoms with Crippen LogP contribution in [0, 0.1) is 12.3 Å². The Balaban J connectivity index is 1.46. The summed E-state index contributed by atoms with van der Waals surface area (Å²) < 4.78 is 6.23. The fourth-order valence-electron chi connectivity index (χ4n) is 4.66. The molecule has 0 spiro atoms. The van der Waals surface area contributed by atoms with E-state index in [1.165, 1.54) is 0 Å². The van der Waals surface area contributed by atoms with E-state index in [1.807, 2.05) is 97.7 Å². The van der Waals surface area contributed by atoms with Gasteiger partial charge in [-0.3, -0.25) is 9.59 Å². The van der Waals surface area contributed by atoms with Gasteiger partial charge in [0, 0.05) is 49.1 Å². The highest BCUT2D eigenvalue weighted by Crippen LogP contribution is 2.37. The van der Waals surface area contributed by atoms with E-state index in [2.05, 4.69) is 0 Å². The molecule has 6 heteroatoms. The summed E-state index contributed by atoms with van der Waals surface area (Å²) in [5, 5.41) is 0.697. The minimum absolute atomic E-state index is 0.0333. The fraction of sp³-hybridized carbons (Fsp3) is 0.333. The van der Waals surface area contributed by atoms with Crippen LogP contribution in [0.4, 0.5) is 0 Å². The summed E-state index contributed by atoms with van der Waals surface area (Å²) >= 11 is 6.18. The van der Waals surface area contributed by atoms with Crippen LogP contribution in [0.2, 0.25) is 5.02 Å². The minimum atomic E-state index is -0.358. The number of carbonyl (C=O) groups excluding carboxylic acids is 2. The second-order valence-electron chi connectivity index (χ2n) is 9.77. The van der Waals surface area contributed by atoms with E-state index in [1.54, 1.807) is 4.90 Å². The van der Waals surface area contributed by atoms with Crippen LogP contribution in [-0.4, -0.2) is 48.4 Å². The molecule has 1 heterocycles. The summed E-state index contributed by atoms with van der Waals surface area (Å²) in [6.07, 6.45) is 1.77. The van der Waals surface area contributed by atoms with Crippen LogP contribution in [0.1, 0.15) is 40.7 Å². The molecule has 1 saturated heterocycles. The number of ether oxygens (including phenoxy) is 1. The van der Waals surface area contributed by atoms with Crippen LogP contribution in [0.3, 0.4) is 0 Å². The molecule has 0 aliphatic carbocycles. The van der Waals surface area contributed by atoms with Gasteiger partial charge in [0.1, 0.15) is 5.75 Å². The molecule has 1 aliphatic heterocycles. The van der Waals surface area contributed by atoms with Crippen molar-refractivity contribution in [3.8, 4) is 5.75 Å². The highest BCUT2D eigenvalue weighted by atomic mass is 35.5.